The van der Waals surface area contributed by atoms with E-state index in [-0.39, 0.29) is 23.7 Å². The first-order valence-electron chi connectivity index (χ1n) is 17.3. The lowest BCUT2D eigenvalue weighted by Gasteiger charge is -2.22. The predicted molar refractivity (Wildman–Crippen MR) is 190 cm³/mol. The number of hydrogen-bond acceptors (Lipinski definition) is 10. The lowest BCUT2D eigenvalue weighted by Crippen LogP contribution is -2.31. The first-order valence-corrected chi connectivity index (χ1v) is 17.3. The fourth-order valence-electron chi connectivity index (χ4n) is 7.25. The highest BCUT2D eigenvalue weighted by Crippen LogP contribution is 2.29. The van der Waals surface area contributed by atoms with Gasteiger partial charge in [-0.1, -0.05) is 12.1 Å². The molecule has 8 heterocycles. The monoisotopic (exact) mass is 694 g/mol. The maximum atomic E-state index is 12.7. The van der Waals surface area contributed by atoms with E-state index in [9.17, 15) is 9.59 Å². The number of benzene rings is 2. The zero-order valence-corrected chi connectivity index (χ0v) is 28.1. The van der Waals surface area contributed by atoms with Gasteiger partial charge in [-0.3, -0.25) is 19.6 Å². The highest BCUT2D eigenvalue weighted by Gasteiger charge is 2.28. The largest absolute Gasteiger partial charge is 0.472 e. The Hall–Kier alpha value is -6.44. The topological polar surface area (TPSA) is 171 Å². The SMILES string of the molecule is O=C(Nc1ccc2c(c1)C(c1ccoc1)=NC2)[C@@H]1CCc2nncn2C1.O=C(Nc1ccc2c(c1)C(c1ccoc1)=NC2)[C@H]1CCc2nncn2C1. The van der Waals surface area contributed by atoms with Crippen LogP contribution in [0.3, 0.4) is 0 Å². The number of furan rings is 2. The van der Waals surface area contributed by atoms with Crippen molar-refractivity contribution < 1.29 is 18.4 Å². The molecule has 0 aliphatic carbocycles. The maximum absolute atomic E-state index is 12.7. The summed E-state index contributed by atoms with van der Waals surface area (Å²) < 4.78 is 14.3. The number of carbonyl (C=O) groups excluding carboxylic acids is 2. The quantitative estimate of drug-likeness (QED) is 0.249. The molecule has 0 bridgehead atoms. The first kappa shape index (κ1) is 31.5. The van der Waals surface area contributed by atoms with Gasteiger partial charge >= 0.3 is 0 Å². The molecule has 2 aromatic carbocycles. The van der Waals surface area contributed by atoms with Gasteiger partial charge in [-0.25, -0.2) is 0 Å². The Kier molecular flexibility index (Phi) is 8.10. The number of hydrogen-bond donors (Lipinski definition) is 2. The van der Waals surface area contributed by atoms with Crippen LogP contribution in [0.4, 0.5) is 11.4 Å². The molecule has 2 amide bonds. The zero-order chi connectivity index (χ0) is 35.0. The van der Waals surface area contributed by atoms with Crippen molar-refractivity contribution in [3.63, 3.8) is 0 Å². The summed E-state index contributed by atoms with van der Waals surface area (Å²) in [5, 5.41) is 22.1. The summed E-state index contributed by atoms with van der Waals surface area (Å²) in [4.78, 5) is 34.6. The average Bonchev–Trinajstić information content (AvgIpc) is 4.02. The van der Waals surface area contributed by atoms with Crippen LogP contribution in [-0.4, -0.2) is 52.8 Å². The van der Waals surface area contributed by atoms with Crippen molar-refractivity contribution in [2.45, 2.75) is 51.9 Å². The number of nitrogens with one attached hydrogen (secondary N) is 2. The van der Waals surface area contributed by atoms with E-state index < -0.39 is 0 Å². The molecule has 14 heteroatoms. The highest BCUT2D eigenvalue weighted by molar-refractivity contribution is 6.16. The zero-order valence-electron chi connectivity index (χ0n) is 28.1. The summed E-state index contributed by atoms with van der Waals surface area (Å²) >= 11 is 0. The van der Waals surface area contributed by atoms with Gasteiger partial charge in [-0.15, -0.1) is 20.4 Å². The van der Waals surface area contributed by atoms with Gasteiger partial charge in [0.1, 0.15) is 24.3 Å². The number of amides is 2. The van der Waals surface area contributed by atoms with Gasteiger partial charge in [0.15, 0.2) is 0 Å². The Morgan fingerprint density at radius 1 is 0.654 bits per heavy atom. The third kappa shape index (κ3) is 6.12. The lowest BCUT2D eigenvalue weighted by molar-refractivity contribution is -0.121. The number of aryl methyl sites for hydroxylation is 2. The van der Waals surface area contributed by atoms with Crippen molar-refractivity contribution in [1.82, 2.24) is 29.5 Å². The fourth-order valence-corrected chi connectivity index (χ4v) is 7.25. The Balaban J connectivity index is 0.000000138. The minimum atomic E-state index is -0.0752. The maximum Gasteiger partial charge on any atom is 0.229 e. The van der Waals surface area contributed by atoms with E-state index >= 15 is 0 Å². The molecule has 4 aliphatic rings. The van der Waals surface area contributed by atoms with Gasteiger partial charge in [-0.2, -0.15) is 0 Å². The Bertz CT molecular complexity index is 2170. The second kappa shape index (κ2) is 13.4. The van der Waals surface area contributed by atoms with Gasteiger partial charge in [0.25, 0.3) is 0 Å². The van der Waals surface area contributed by atoms with Crippen molar-refractivity contribution in [3.05, 3.63) is 131 Å². The molecule has 2 atom stereocenters. The summed E-state index contributed by atoms with van der Waals surface area (Å²) in [6, 6.07) is 15.7. The van der Waals surface area contributed by atoms with Gasteiger partial charge < -0.3 is 28.6 Å². The average molecular weight is 695 g/mol. The van der Waals surface area contributed by atoms with Crippen molar-refractivity contribution in [3.8, 4) is 0 Å². The predicted octanol–water partition coefficient (Wildman–Crippen LogP) is 4.85. The summed E-state index contributed by atoms with van der Waals surface area (Å²) in [5.74, 6) is 1.82. The second-order valence-electron chi connectivity index (χ2n) is 13.3. The molecule has 6 aromatic rings. The molecule has 0 spiro atoms. The minimum Gasteiger partial charge on any atom is -0.472 e. The third-order valence-corrected chi connectivity index (χ3v) is 10.1. The molecule has 4 aromatic heterocycles. The van der Waals surface area contributed by atoms with Crippen LogP contribution >= 0.6 is 0 Å². The van der Waals surface area contributed by atoms with Crippen LogP contribution in [0.5, 0.6) is 0 Å². The molecule has 14 nitrogen and oxygen atoms in total. The minimum absolute atomic E-state index is 0.0316. The van der Waals surface area contributed by atoms with Crippen LogP contribution in [0.25, 0.3) is 0 Å². The van der Waals surface area contributed by atoms with Crippen LogP contribution < -0.4 is 10.6 Å². The van der Waals surface area contributed by atoms with E-state index in [1.165, 1.54) is 0 Å². The Morgan fingerprint density at radius 2 is 1.13 bits per heavy atom. The summed E-state index contributed by atoms with van der Waals surface area (Å²) in [6.07, 6.45) is 13.2. The molecule has 0 radical (unpaired) electrons. The van der Waals surface area contributed by atoms with E-state index in [4.69, 9.17) is 8.83 Å². The van der Waals surface area contributed by atoms with Gasteiger partial charge in [0.2, 0.25) is 11.8 Å². The van der Waals surface area contributed by atoms with Crippen molar-refractivity contribution in [1.29, 1.82) is 0 Å². The molecule has 260 valence electrons. The van der Waals surface area contributed by atoms with Crippen molar-refractivity contribution in [2.24, 2.45) is 21.8 Å². The molecule has 0 fully saturated rings. The van der Waals surface area contributed by atoms with E-state index in [1.807, 2.05) is 57.7 Å². The standard InChI is InChI=1S/2C19H17N5O2/c2*25-19(13-2-4-17-23-21-11-24(17)9-13)22-15-3-1-12-8-20-18(16(12)7-15)14-5-6-26-10-14/h2*1,3,5-7,10-11,13H,2,4,8-9H2,(H,22,25)/t2*13-/m10/s1. The van der Waals surface area contributed by atoms with Crippen LogP contribution in [0, 0.1) is 11.8 Å². The van der Waals surface area contributed by atoms with Crippen molar-refractivity contribution >= 4 is 34.6 Å². The number of carbonyl (C=O) groups is 2. The van der Waals surface area contributed by atoms with E-state index in [0.717, 1.165) is 93.5 Å². The van der Waals surface area contributed by atoms with E-state index in [2.05, 4.69) is 41.0 Å². The summed E-state index contributed by atoms with van der Waals surface area (Å²) in [5.41, 5.74) is 9.75. The number of aliphatic imine (C=N–C) groups is 2. The third-order valence-electron chi connectivity index (χ3n) is 10.1. The number of aromatic nitrogens is 6. The first-order chi connectivity index (χ1) is 25.6. The van der Waals surface area contributed by atoms with E-state index in [0.29, 0.717) is 26.2 Å². The molecular weight excluding hydrogens is 660 g/mol. The molecule has 0 unspecified atom stereocenters. The number of anilines is 2. The fraction of sp³-hybridized carbons (Fsp3) is 0.263. The Morgan fingerprint density at radius 3 is 1.58 bits per heavy atom. The van der Waals surface area contributed by atoms with Crippen LogP contribution in [-0.2, 0) is 48.6 Å². The summed E-state index contributed by atoms with van der Waals surface area (Å²) in [7, 11) is 0. The Labute approximate surface area is 297 Å². The van der Waals surface area contributed by atoms with Crippen LogP contribution in [0.1, 0.15) is 57.9 Å². The molecule has 10 rings (SSSR count). The number of fused-ring (bicyclic) bond motifs is 4. The van der Waals surface area contributed by atoms with Gasteiger partial charge in [0.05, 0.1) is 61.4 Å². The van der Waals surface area contributed by atoms with Crippen LogP contribution in [0.15, 0.2) is 105 Å². The number of rotatable bonds is 6. The summed E-state index contributed by atoms with van der Waals surface area (Å²) in [6.45, 7) is 2.56. The van der Waals surface area contributed by atoms with Gasteiger partial charge in [0, 0.05) is 59.6 Å². The molecule has 0 saturated carbocycles. The molecule has 4 aliphatic heterocycles. The lowest BCUT2D eigenvalue weighted by atomic mass is 9.98. The van der Waals surface area contributed by atoms with Gasteiger partial charge in [-0.05, 0) is 60.4 Å². The van der Waals surface area contributed by atoms with E-state index in [1.54, 1.807) is 37.7 Å². The molecular formula is C38H34N10O4. The molecule has 52 heavy (non-hydrogen) atoms. The second-order valence-corrected chi connectivity index (χ2v) is 13.3. The molecule has 0 saturated heterocycles. The van der Waals surface area contributed by atoms with Crippen molar-refractivity contribution in [2.75, 3.05) is 10.6 Å². The normalized spacial score (nSPS) is 18.2. The highest BCUT2D eigenvalue weighted by atomic mass is 16.3. The molecule has 2 N–H and O–H groups in total. The van der Waals surface area contributed by atoms with Crippen LogP contribution in [0.2, 0.25) is 0 Å². The smallest absolute Gasteiger partial charge is 0.229 e. The number of nitrogens with zero attached hydrogens (tertiary/aromatic N) is 8.